The predicted octanol–water partition coefficient (Wildman–Crippen LogP) is 1.65. The molecule has 1 amide bonds. The minimum Gasteiger partial charge on any atom is -0.393 e. The number of aliphatic hydroxyl groups excluding tert-OH is 1. The monoisotopic (exact) mass is 303 g/mol. The number of hydrogen-bond acceptors (Lipinski definition) is 5. The minimum atomic E-state index is -0.230. The highest BCUT2D eigenvalue weighted by Gasteiger charge is 2.35. The van der Waals surface area contributed by atoms with Crippen LogP contribution in [0.15, 0.2) is 35.4 Å². The molecule has 1 saturated carbocycles. The van der Waals surface area contributed by atoms with Gasteiger partial charge in [0, 0.05) is 23.8 Å². The van der Waals surface area contributed by atoms with Crippen molar-refractivity contribution in [3.05, 3.63) is 46.7 Å². The topological polar surface area (TPSA) is 75.1 Å². The Morgan fingerprint density at radius 1 is 1.43 bits per heavy atom. The first kappa shape index (κ1) is 14.2. The van der Waals surface area contributed by atoms with Gasteiger partial charge in [0.2, 0.25) is 0 Å². The van der Waals surface area contributed by atoms with Crippen molar-refractivity contribution >= 4 is 17.2 Å². The van der Waals surface area contributed by atoms with Gasteiger partial charge in [-0.25, -0.2) is 4.98 Å². The van der Waals surface area contributed by atoms with Gasteiger partial charge in [-0.3, -0.25) is 9.78 Å². The number of hydrogen-bond donors (Lipinski definition) is 2. The summed E-state index contributed by atoms with van der Waals surface area (Å²) in [5.74, 6) is 0.174. The smallest absolute Gasteiger partial charge is 0.270 e. The van der Waals surface area contributed by atoms with E-state index in [9.17, 15) is 9.90 Å². The molecule has 6 heteroatoms. The average molecular weight is 303 g/mol. The van der Waals surface area contributed by atoms with Crippen LogP contribution in [0.4, 0.5) is 0 Å². The second-order valence-corrected chi connectivity index (χ2v) is 6.12. The van der Waals surface area contributed by atoms with E-state index >= 15 is 0 Å². The van der Waals surface area contributed by atoms with E-state index in [1.54, 1.807) is 23.3 Å². The van der Waals surface area contributed by atoms with Crippen LogP contribution in [-0.2, 0) is 6.42 Å². The molecule has 0 spiro atoms. The van der Waals surface area contributed by atoms with Gasteiger partial charge in [0.1, 0.15) is 5.69 Å². The van der Waals surface area contributed by atoms with Crippen LogP contribution >= 0.6 is 11.3 Å². The maximum absolute atomic E-state index is 12.2. The lowest BCUT2D eigenvalue weighted by Crippen LogP contribution is -2.48. The van der Waals surface area contributed by atoms with Crippen molar-refractivity contribution in [1.29, 1.82) is 0 Å². The van der Waals surface area contributed by atoms with Gasteiger partial charge in [-0.05, 0) is 42.9 Å². The normalized spacial score (nSPS) is 22.3. The maximum atomic E-state index is 12.2. The van der Waals surface area contributed by atoms with E-state index in [2.05, 4.69) is 15.3 Å². The van der Waals surface area contributed by atoms with Crippen molar-refractivity contribution in [2.24, 2.45) is 5.92 Å². The van der Waals surface area contributed by atoms with Crippen molar-refractivity contribution in [3.63, 3.8) is 0 Å². The van der Waals surface area contributed by atoms with Gasteiger partial charge in [-0.2, -0.15) is 0 Å². The number of thiazole rings is 1. The molecular formula is C15H17N3O2S. The molecule has 1 aliphatic rings. The third-order valence-electron chi connectivity index (χ3n) is 3.91. The summed E-state index contributed by atoms with van der Waals surface area (Å²) in [6, 6.07) is 3.93. The van der Waals surface area contributed by atoms with Crippen LogP contribution in [0.3, 0.4) is 0 Å². The summed E-state index contributed by atoms with van der Waals surface area (Å²) in [4.78, 5) is 20.2. The van der Waals surface area contributed by atoms with Gasteiger partial charge in [-0.1, -0.05) is 0 Å². The molecule has 21 heavy (non-hydrogen) atoms. The van der Waals surface area contributed by atoms with Gasteiger partial charge >= 0.3 is 0 Å². The Morgan fingerprint density at radius 3 is 2.81 bits per heavy atom. The Balaban J connectivity index is 1.69. The van der Waals surface area contributed by atoms with E-state index in [1.165, 1.54) is 11.3 Å². The quantitative estimate of drug-likeness (QED) is 0.880. The van der Waals surface area contributed by atoms with Crippen LogP contribution in [0.2, 0.25) is 0 Å². The first-order valence-corrected chi connectivity index (χ1v) is 7.92. The maximum Gasteiger partial charge on any atom is 0.270 e. The van der Waals surface area contributed by atoms with Crippen molar-refractivity contribution in [2.75, 3.05) is 0 Å². The molecule has 0 unspecified atom stereocenters. The molecule has 1 aliphatic carbocycles. The van der Waals surface area contributed by atoms with Gasteiger partial charge in [0.25, 0.3) is 5.91 Å². The lowest BCUT2D eigenvalue weighted by atomic mass is 9.75. The summed E-state index contributed by atoms with van der Waals surface area (Å²) in [5.41, 5.74) is 3.24. The highest BCUT2D eigenvalue weighted by molar-refractivity contribution is 7.07. The van der Waals surface area contributed by atoms with Crippen LogP contribution in [0.25, 0.3) is 0 Å². The number of amides is 1. The highest BCUT2D eigenvalue weighted by Crippen LogP contribution is 2.31. The molecule has 2 aromatic heterocycles. The molecule has 1 fully saturated rings. The lowest BCUT2D eigenvalue weighted by molar-refractivity contribution is 0.0239. The molecule has 2 N–H and O–H groups in total. The number of carbonyl (C=O) groups is 1. The van der Waals surface area contributed by atoms with Crippen LogP contribution < -0.4 is 5.32 Å². The molecule has 5 nitrogen and oxygen atoms in total. The third kappa shape index (κ3) is 3.46. The second-order valence-electron chi connectivity index (χ2n) is 5.40. The Bertz CT molecular complexity index is 582. The zero-order valence-corrected chi connectivity index (χ0v) is 12.3. The Labute approximate surface area is 127 Å². The molecule has 0 aromatic carbocycles. The molecule has 0 radical (unpaired) electrons. The Morgan fingerprint density at radius 2 is 2.19 bits per heavy atom. The van der Waals surface area contributed by atoms with Crippen LogP contribution in [0, 0.1) is 5.92 Å². The highest BCUT2D eigenvalue weighted by atomic mass is 32.1. The summed E-state index contributed by atoms with van der Waals surface area (Å²) in [6.45, 7) is 0. The van der Waals surface area contributed by atoms with Gasteiger partial charge in [0.05, 0.1) is 11.6 Å². The number of pyridine rings is 1. The zero-order valence-electron chi connectivity index (χ0n) is 11.5. The molecule has 0 aliphatic heterocycles. The zero-order chi connectivity index (χ0) is 14.7. The fourth-order valence-corrected chi connectivity index (χ4v) is 3.17. The summed E-state index contributed by atoms with van der Waals surface area (Å²) in [6.07, 6.45) is 5.51. The van der Waals surface area contributed by atoms with Gasteiger partial charge in [-0.15, -0.1) is 11.3 Å². The second kappa shape index (κ2) is 6.32. The van der Waals surface area contributed by atoms with Crippen molar-refractivity contribution < 1.29 is 9.90 Å². The average Bonchev–Trinajstić information content (AvgIpc) is 2.98. The molecule has 0 bridgehead atoms. The van der Waals surface area contributed by atoms with E-state index in [0.29, 0.717) is 11.6 Å². The molecule has 1 atom stereocenters. The fourth-order valence-electron chi connectivity index (χ4n) is 2.63. The number of aliphatic hydroxyl groups is 1. The van der Waals surface area contributed by atoms with Crippen molar-refractivity contribution in [3.8, 4) is 0 Å². The first-order chi connectivity index (χ1) is 10.2. The van der Waals surface area contributed by atoms with Gasteiger partial charge in [0.15, 0.2) is 0 Å². The molecule has 110 valence electrons. The third-order valence-corrected chi connectivity index (χ3v) is 4.49. The SMILES string of the molecule is O=C(N[C@H](Cc1ccncc1)C1CC(O)C1)c1cscn1. The first-order valence-electron chi connectivity index (χ1n) is 6.98. The van der Waals surface area contributed by atoms with Crippen molar-refractivity contribution in [1.82, 2.24) is 15.3 Å². The molecular weight excluding hydrogens is 286 g/mol. The van der Waals surface area contributed by atoms with E-state index in [0.717, 1.165) is 24.8 Å². The molecule has 0 saturated heterocycles. The van der Waals surface area contributed by atoms with Crippen molar-refractivity contribution in [2.45, 2.75) is 31.4 Å². The predicted molar refractivity (Wildman–Crippen MR) is 80.0 cm³/mol. The largest absolute Gasteiger partial charge is 0.393 e. The van der Waals surface area contributed by atoms with E-state index in [4.69, 9.17) is 0 Å². The summed E-state index contributed by atoms with van der Waals surface area (Å²) in [5, 5.41) is 14.3. The van der Waals surface area contributed by atoms with Crippen LogP contribution in [0.5, 0.6) is 0 Å². The number of carbonyl (C=O) groups excluding carboxylic acids is 1. The van der Waals surface area contributed by atoms with Gasteiger partial charge < -0.3 is 10.4 Å². The van der Waals surface area contributed by atoms with E-state index in [-0.39, 0.29) is 18.1 Å². The summed E-state index contributed by atoms with van der Waals surface area (Å²) < 4.78 is 0. The Kier molecular flexibility index (Phi) is 4.26. The summed E-state index contributed by atoms with van der Waals surface area (Å²) >= 11 is 1.41. The molecule has 2 aromatic rings. The summed E-state index contributed by atoms with van der Waals surface area (Å²) in [7, 11) is 0. The van der Waals surface area contributed by atoms with E-state index in [1.807, 2.05) is 12.1 Å². The minimum absolute atomic E-state index is 0.0185. The fraction of sp³-hybridized carbons (Fsp3) is 0.400. The molecule has 2 heterocycles. The standard InChI is InChI=1S/C15H17N3O2S/c19-12-6-11(7-12)13(5-10-1-3-16-4-2-10)18-15(20)14-8-21-9-17-14/h1-4,8-9,11-13,19H,5-7H2,(H,18,20)/t11?,12?,13-/m1/s1. The van der Waals surface area contributed by atoms with Crippen LogP contribution in [-0.4, -0.2) is 33.1 Å². The number of nitrogens with one attached hydrogen (secondary N) is 1. The lowest BCUT2D eigenvalue weighted by Gasteiger charge is -2.38. The number of rotatable bonds is 5. The number of nitrogens with zero attached hydrogens (tertiary/aromatic N) is 2. The Hall–Kier alpha value is -1.79. The number of aromatic nitrogens is 2. The van der Waals surface area contributed by atoms with Crippen LogP contribution in [0.1, 0.15) is 28.9 Å². The molecule has 3 rings (SSSR count). The van der Waals surface area contributed by atoms with E-state index < -0.39 is 0 Å².